The van der Waals surface area contributed by atoms with Gasteiger partial charge in [0.2, 0.25) is 5.71 Å². The first kappa shape index (κ1) is 14.8. The van der Waals surface area contributed by atoms with E-state index in [0.717, 1.165) is 0 Å². The molecule has 0 saturated carbocycles. The van der Waals surface area contributed by atoms with Crippen LogP contribution in [0.15, 0.2) is 20.1 Å². The van der Waals surface area contributed by atoms with Gasteiger partial charge in [-0.15, -0.1) is 0 Å². The minimum atomic E-state index is -0.303. The lowest BCUT2D eigenvalue weighted by Crippen LogP contribution is -2.00. The Morgan fingerprint density at radius 2 is 2.06 bits per heavy atom. The van der Waals surface area contributed by atoms with Crippen LogP contribution in [0.1, 0.15) is 0 Å². The van der Waals surface area contributed by atoms with E-state index in [-0.39, 0.29) is 5.71 Å². The average molecular weight is 392 g/mol. The van der Waals surface area contributed by atoms with Gasteiger partial charge in [-0.3, -0.25) is 5.43 Å². The van der Waals surface area contributed by atoms with Crippen molar-refractivity contribution in [1.82, 2.24) is 0 Å². The highest BCUT2D eigenvalue weighted by Gasteiger charge is 2.14. The minimum absolute atomic E-state index is 0.303. The fourth-order valence-corrected chi connectivity index (χ4v) is 2.34. The number of hydrazone groups is 1. The molecule has 0 aromatic heterocycles. The van der Waals surface area contributed by atoms with Gasteiger partial charge in [0.15, 0.2) is 0 Å². The van der Waals surface area contributed by atoms with Gasteiger partial charge in [-0.25, -0.2) is 0 Å². The molecule has 0 radical (unpaired) electrons. The van der Waals surface area contributed by atoms with Crippen molar-refractivity contribution >= 4 is 54.9 Å². The standard InChI is InChI=1S/C10H5Br2ClN4O/c1-18-7-2-6(11)9(13)8(12)10(7)17-16-5(3-14)4-15/h2,17H,1H3. The number of nitriles is 2. The Morgan fingerprint density at radius 3 is 2.56 bits per heavy atom. The van der Waals surface area contributed by atoms with E-state index in [4.69, 9.17) is 26.9 Å². The molecule has 0 spiro atoms. The van der Waals surface area contributed by atoms with E-state index >= 15 is 0 Å². The molecule has 0 unspecified atom stereocenters. The van der Waals surface area contributed by atoms with Gasteiger partial charge >= 0.3 is 0 Å². The normalized spacial score (nSPS) is 9.00. The number of nitrogens with zero attached hydrogens (tertiary/aromatic N) is 3. The van der Waals surface area contributed by atoms with E-state index in [1.54, 1.807) is 18.2 Å². The quantitative estimate of drug-likeness (QED) is 0.483. The Kier molecular flexibility index (Phi) is 5.42. The zero-order valence-corrected chi connectivity index (χ0v) is 12.9. The lowest BCUT2D eigenvalue weighted by atomic mass is 10.3. The maximum absolute atomic E-state index is 8.58. The number of halogens is 3. The van der Waals surface area contributed by atoms with Crippen molar-refractivity contribution in [3.05, 3.63) is 20.0 Å². The SMILES string of the molecule is COc1cc(Br)c(Cl)c(Br)c1NN=C(C#N)C#N. The molecule has 0 fully saturated rings. The first-order valence-corrected chi connectivity index (χ1v) is 6.37. The molecular formula is C10H5Br2ClN4O. The molecule has 18 heavy (non-hydrogen) atoms. The summed E-state index contributed by atoms with van der Waals surface area (Å²) in [5, 5.41) is 21.2. The Labute approximate surface area is 125 Å². The second-order valence-corrected chi connectivity index (χ2v) is 4.88. The van der Waals surface area contributed by atoms with E-state index in [1.165, 1.54) is 7.11 Å². The van der Waals surface area contributed by atoms with Crippen LogP contribution in [0.5, 0.6) is 5.75 Å². The molecule has 1 aromatic rings. The monoisotopic (exact) mass is 390 g/mol. The molecule has 0 heterocycles. The van der Waals surface area contributed by atoms with Gasteiger partial charge in [0.25, 0.3) is 0 Å². The number of rotatable bonds is 3. The topological polar surface area (TPSA) is 81.2 Å². The fraction of sp³-hybridized carbons (Fsp3) is 0.100. The van der Waals surface area contributed by atoms with Gasteiger partial charge in [0.05, 0.1) is 16.6 Å². The van der Waals surface area contributed by atoms with Crippen LogP contribution in [0.2, 0.25) is 5.02 Å². The molecule has 1 aromatic carbocycles. The summed E-state index contributed by atoms with van der Waals surface area (Å²) in [6.07, 6.45) is 0. The maximum Gasteiger partial charge on any atom is 0.237 e. The number of hydrogen-bond acceptors (Lipinski definition) is 5. The van der Waals surface area contributed by atoms with Crippen LogP contribution in [0.25, 0.3) is 0 Å². The molecule has 92 valence electrons. The van der Waals surface area contributed by atoms with Crippen LogP contribution in [0.3, 0.4) is 0 Å². The molecule has 0 aliphatic carbocycles. The van der Waals surface area contributed by atoms with Crippen LogP contribution >= 0.6 is 43.5 Å². The Balaban J connectivity index is 3.26. The molecule has 1 rings (SSSR count). The summed E-state index contributed by atoms with van der Waals surface area (Å²) in [6, 6.07) is 4.91. The van der Waals surface area contributed by atoms with Crippen molar-refractivity contribution in [3.63, 3.8) is 0 Å². The number of hydrogen-bond donors (Lipinski definition) is 1. The van der Waals surface area contributed by atoms with Crippen molar-refractivity contribution in [2.24, 2.45) is 5.10 Å². The Hall–Kier alpha value is -1.28. The zero-order valence-electron chi connectivity index (χ0n) is 8.96. The molecule has 0 bridgehead atoms. The van der Waals surface area contributed by atoms with Crippen LogP contribution in [0, 0.1) is 22.7 Å². The Bertz CT molecular complexity index is 573. The predicted octanol–water partition coefficient (Wildman–Crippen LogP) is 3.69. The second kappa shape index (κ2) is 6.60. The summed E-state index contributed by atoms with van der Waals surface area (Å²) < 4.78 is 6.30. The highest BCUT2D eigenvalue weighted by molar-refractivity contribution is 9.11. The third kappa shape index (κ3) is 3.14. The average Bonchev–Trinajstić information content (AvgIpc) is 2.38. The molecule has 5 nitrogen and oxygen atoms in total. The summed E-state index contributed by atoms with van der Waals surface area (Å²) in [5.41, 5.74) is 2.69. The third-order valence-electron chi connectivity index (χ3n) is 1.84. The lowest BCUT2D eigenvalue weighted by molar-refractivity contribution is 0.416. The summed E-state index contributed by atoms with van der Waals surface area (Å²) in [7, 11) is 1.48. The second-order valence-electron chi connectivity index (χ2n) is 2.86. The van der Waals surface area contributed by atoms with Crippen molar-refractivity contribution in [1.29, 1.82) is 10.5 Å². The number of nitrogens with one attached hydrogen (secondary N) is 1. The molecule has 0 saturated heterocycles. The van der Waals surface area contributed by atoms with Crippen LogP contribution in [-0.4, -0.2) is 12.8 Å². The highest BCUT2D eigenvalue weighted by atomic mass is 79.9. The maximum atomic E-state index is 8.58. The van der Waals surface area contributed by atoms with Crippen LogP contribution in [0.4, 0.5) is 5.69 Å². The molecule has 0 aliphatic heterocycles. The van der Waals surface area contributed by atoms with Crippen LogP contribution < -0.4 is 10.2 Å². The van der Waals surface area contributed by atoms with E-state index < -0.39 is 0 Å². The van der Waals surface area contributed by atoms with Crippen molar-refractivity contribution in [2.45, 2.75) is 0 Å². The summed E-state index contributed by atoms with van der Waals surface area (Å²) >= 11 is 12.6. The van der Waals surface area contributed by atoms with Gasteiger partial charge in [-0.2, -0.15) is 15.6 Å². The van der Waals surface area contributed by atoms with Gasteiger partial charge in [0, 0.05) is 4.47 Å². The van der Waals surface area contributed by atoms with E-state index in [2.05, 4.69) is 42.4 Å². The first-order valence-electron chi connectivity index (χ1n) is 4.40. The van der Waals surface area contributed by atoms with E-state index in [0.29, 0.717) is 25.4 Å². The molecule has 0 aliphatic rings. The van der Waals surface area contributed by atoms with Crippen LogP contribution in [-0.2, 0) is 0 Å². The molecule has 1 N–H and O–H groups in total. The predicted molar refractivity (Wildman–Crippen MR) is 75.7 cm³/mol. The van der Waals surface area contributed by atoms with Crippen molar-refractivity contribution in [2.75, 3.05) is 12.5 Å². The van der Waals surface area contributed by atoms with Gasteiger partial charge < -0.3 is 4.74 Å². The van der Waals surface area contributed by atoms with Crippen molar-refractivity contribution in [3.8, 4) is 17.9 Å². The number of anilines is 1. The van der Waals surface area contributed by atoms with E-state index in [1.807, 2.05) is 0 Å². The highest BCUT2D eigenvalue weighted by Crippen LogP contribution is 2.42. The number of ether oxygens (including phenoxy) is 1. The summed E-state index contributed by atoms with van der Waals surface area (Å²) in [5.74, 6) is 0.456. The van der Waals surface area contributed by atoms with Gasteiger partial charge in [-0.05, 0) is 37.9 Å². The lowest BCUT2D eigenvalue weighted by Gasteiger charge is -2.12. The van der Waals surface area contributed by atoms with Gasteiger partial charge in [-0.1, -0.05) is 11.6 Å². The molecule has 0 atom stereocenters. The van der Waals surface area contributed by atoms with E-state index in [9.17, 15) is 0 Å². The van der Waals surface area contributed by atoms with Crippen molar-refractivity contribution < 1.29 is 4.74 Å². The number of benzene rings is 1. The summed E-state index contributed by atoms with van der Waals surface area (Å²) in [6.45, 7) is 0. The van der Waals surface area contributed by atoms with Gasteiger partial charge in [0.1, 0.15) is 23.6 Å². The molecular weight excluding hydrogens is 387 g/mol. The minimum Gasteiger partial charge on any atom is -0.494 e. The molecule has 8 heteroatoms. The Morgan fingerprint density at radius 1 is 1.44 bits per heavy atom. The zero-order chi connectivity index (χ0) is 13.7. The number of methoxy groups -OCH3 is 1. The third-order valence-corrected chi connectivity index (χ3v) is 4.10. The largest absolute Gasteiger partial charge is 0.494 e. The smallest absolute Gasteiger partial charge is 0.237 e. The summed E-state index contributed by atoms with van der Waals surface area (Å²) in [4.78, 5) is 0. The first-order chi connectivity index (χ1) is 8.54. The molecule has 0 amide bonds. The fourth-order valence-electron chi connectivity index (χ4n) is 1.03.